The summed E-state index contributed by atoms with van der Waals surface area (Å²) in [5.41, 5.74) is 2.61. The number of carbonyl (C=O) groups excluding carboxylic acids is 2. The molecule has 0 radical (unpaired) electrons. The number of amides is 1. The molecule has 0 bridgehead atoms. The van der Waals surface area contributed by atoms with Gasteiger partial charge in [0.25, 0.3) is 5.91 Å². The van der Waals surface area contributed by atoms with Crippen LogP contribution >= 0.6 is 0 Å². The van der Waals surface area contributed by atoms with Gasteiger partial charge in [0.2, 0.25) is 0 Å². The number of rotatable bonds is 8. The van der Waals surface area contributed by atoms with Crippen molar-refractivity contribution in [3.05, 3.63) is 65.6 Å². The van der Waals surface area contributed by atoms with Gasteiger partial charge in [0, 0.05) is 23.0 Å². The van der Waals surface area contributed by atoms with Gasteiger partial charge in [0.05, 0.1) is 27.9 Å². The maximum atomic E-state index is 12.7. The Morgan fingerprint density at radius 1 is 0.935 bits per heavy atom. The largest absolute Gasteiger partial charge is 0.494 e. The molecule has 2 heterocycles. The quantitative estimate of drug-likeness (QED) is 0.558. The van der Waals surface area contributed by atoms with Crippen LogP contribution in [0.1, 0.15) is 26.5 Å². The first-order valence-electron chi connectivity index (χ1n) is 9.49. The summed E-state index contributed by atoms with van der Waals surface area (Å²) in [6.07, 6.45) is 1.68. The van der Waals surface area contributed by atoms with Gasteiger partial charge in [-0.15, -0.1) is 0 Å². The van der Waals surface area contributed by atoms with Crippen molar-refractivity contribution in [3.63, 3.8) is 0 Å². The number of aromatic nitrogens is 2. The SMILES string of the molecule is COc1ccc(C(=O)NCC(=O)c2ccc(OC)c(-c3cccnc3C)n2)cc1OC. The van der Waals surface area contributed by atoms with E-state index in [-0.39, 0.29) is 18.0 Å². The Morgan fingerprint density at radius 2 is 1.65 bits per heavy atom. The van der Waals surface area contributed by atoms with E-state index in [0.717, 1.165) is 11.3 Å². The molecule has 0 saturated carbocycles. The van der Waals surface area contributed by atoms with Crippen molar-refractivity contribution in [3.8, 4) is 28.5 Å². The summed E-state index contributed by atoms with van der Waals surface area (Å²) in [7, 11) is 4.54. The van der Waals surface area contributed by atoms with E-state index in [0.29, 0.717) is 28.5 Å². The van der Waals surface area contributed by atoms with Crippen LogP contribution in [0.25, 0.3) is 11.3 Å². The molecule has 1 amide bonds. The molecule has 8 nitrogen and oxygen atoms in total. The zero-order chi connectivity index (χ0) is 22.4. The number of hydrogen-bond donors (Lipinski definition) is 1. The topological polar surface area (TPSA) is 99.6 Å². The highest BCUT2D eigenvalue weighted by molar-refractivity contribution is 6.01. The monoisotopic (exact) mass is 421 g/mol. The van der Waals surface area contributed by atoms with Crippen LogP contribution in [-0.4, -0.2) is 49.5 Å². The first kappa shape index (κ1) is 21.8. The van der Waals surface area contributed by atoms with E-state index in [2.05, 4.69) is 15.3 Å². The summed E-state index contributed by atoms with van der Waals surface area (Å²) in [5, 5.41) is 2.62. The number of aryl methyl sites for hydroxylation is 1. The van der Waals surface area contributed by atoms with Gasteiger partial charge >= 0.3 is 0 Å². The van der Waals surface area contributed by atoms with Gasteiger partial charge in [-0.2, -0.15) is 0 Å². The van der Waals surface area contributed by atoms with Crippen molar-refractivity contribution in [1.29, 1.82) is 0 Å². The molecule has 2 aromatic heterocycles. The van der Waals surface area contributed by atoms with Crippen molar-refractivity contribution < 1.29 is 23.8 Å². The second kappa shape index (κ2) is 9.71. The first-order chi connectivity index (χ1) is 15.0. The molecule has 0 saturated heterocycles. The lowest BCUT2D eigenvalue weighted by Gasteiger charge is -2.12. The zero-order valence-corrected chi connectivity index (χ0v) is 17.8. The summed E-state index contributed by atoms with van der Waals surface area (Å²) in [6.45, 7) is 1.65. The van der Waals surface area contributed by atoms with Crippen LogP contribution in [0.4, 0.5) is 0 Å². The van der Waals surface area contributed by atoms with Crippen molar-refractivity contribution in [1.82, 2.24) is 15.3 Å². The Labute approximate surface area is 180 Å². The molecular weight excluding hydrogens is 398 g/mol. The zero-order valence-electron chi connectivity index (χ0n) is 17.8. The van der Waals surface area contributed by atoms with E-state index < -0.39 is 5.91 Å². The average molecular weight is 421 g/mol. The highest BCUT2D eigenvalue weighted by Gasteiger charge is 2.17. The summed E-state index contributed by atoms with van der Waals surface area (Å²) in [5.74, 6) is 0.720. The molecule has 8 heteroatoms. The number of nitrogens with zero attached hydrogens (tertiary/aromatic N) is 2. The van der Waals surface area contributed by atoms with Crippen molar-refractivity contribution in [2.45, 2.75) is 6.92 Å². The molecule has 1 aromatic carbocycles. The Balaban J connectivity index is 1.77. The molecule has 0 atom stereocenters. The third kappa shape index (κ3) is 4.80. The highest BCUT2D eigenvalue weighted by Crippen LogP contribution is 2.30. The molecule has 31 heavy (non-hydrogen) atoms. The number of methoxy groups -OCH3 is 3. The fourth-order valence-electron chi connectivity index (χ4n) is 3.02. The third-order valence-corrected chi connectivity index (χ3v) is 4.68. The van der Waals surface area contributed by atoms with E-state index in [4.69, 9.17) is 14.2 Å². The summed E-state index contributed by atoms with van der Waals surface area (Å²) < 4.78 is 15.8. The summed E-state index contributed by atoms with van der Waals surface area (Å²) in [4.78, 5) is 33.9. The minimum atomic E-state index is -0.411. The second-order valence-corrected chi connectivity index (χ2v) is 6.56. The van der Waals surface area contributed by atoms with Crippen molar-refractivity contribution >= 4 is 11.7 Å². The fourth-order valence-corrected chi connectivity index (χ4v) is 3.02. The van der Waals surface area contributed by atoms with Gasteiger partial charge in [-0.3, -0.25) is 14.6 Å². The van der Waals surface area contributed by atoms with E-state index in [1.807, 2.05) is 13.0 Å². The van der Waals surface area contributed by atoms with Gasteiger partial charge < -0.3 is 19.5 Å². The lowest BCUT2D eigenvalue weighted by Crippen LogP contribution is -2.30. The van der Waals surface area contributed by atoms with E-state index >= 15 is 0 Å². The van der Waals surface area contributed by atoms with Crippen LogP contribution in [0, 0.1) is 6.92 Å². The minimum absolute atomic E-state index is 0.210. The number of hydrogen-bond acceptors (Lipinski definition) is 7. The maximum absolute atomic E-state index is 12.7. The van der Waals surface area contributed by atoms with Crippen molar-refractivity contribution in [2.24, 2.45) is 0 Å². The summed E-state index contributed by atoms with van der Waals surface area (Å²) in [6, 6.07) is 11.7. The van der Waals surface area contributed by atoms with Crippen LogP contribution in [-0.2, 0) is 0 Å². The highest BCUT2D eigenvalue weighted by atomic mass is 16.5. The van der Waals surface area contributed by atoms with Gasteiger partial charge in [-0.25, -0.2) is 4.98 Å². The predicted molar refractivity (Wildman–Crippen MR) is 115 cm³/mol. The third-order valence-electron chi connectivity index (χ3n) is 4.68. The molecule has 1 N–H and O–H groups in total. The molecule has 0 aliphatic rings. The normalized spacial score (nSPS) is 10.3. The molecular formula is C23H23N3O5. The van der Waals surface area contributed by atoms with Crippen LogP contribution in [0.15, 0.2) is 48.7 Å². The van der Waals surface area contributed by atoms with Crippen LogP contribution < -0.4 is 19.5 Å². The molecule has 0 fully saturated rings. The van der Waals surface area contributed by atoms with Crippen LogP contribution in [0.5, 0.6) is 17.2 Å². The predicted octanol–water partition coefficient (Wildman–Crippen LogP) is 3.09. The minimum Gasteiger partial charge on any atom is -0.494 e. The number of Topliss-reactive ketones (excluding diaryl/α,β-unsaturated/α-hetero) is 1. The van der Waals surface area contributed by atoms with Crippen LogP contribution in [0.2, 0.25) is 0 Å². The molecule has 0 spiro atoms. The fraction of sp³-hybridized carbons (Fsp3) is 0.217. The Bertz CT molecular complexity index is 1110. The summed E-state index contributed by atoms with van der Waals surface area (Å²) >= 11 is 0. The molecule has 0 aliphatic heterocycles. The number of pyridine rings is 2. The van der Waals surface area contributed by atoms with E-state index in [1.54, 1.807) is 42.6 Å². The lowest BCUT2D eigenvalue weighted by molar-refractivity contribution is 0.0902. The Kier molecular flexibility index (Phi) is 6.81. The second-order valence-electron chi connectivity index (χ2n) is 6.56. The van der Waals surface area contributed by atoms with E-state index in [9.17, 15) is 9.59 Å². The Morgan fingerprint density at radius 3 is 2.32 bits per heavy atom. The molecule has 3 rings (SSSR count). The number of benzene rings is 1. The molecule has 160 valence electrons. The van der Waals surface area contributed by atoms with Gasteiger partial charge in [0.15, 0.2) is 17.3 Å². The van der Waals surface area contributed by atoms with Crippen molar-refractivity contribution in [2.75, 3.05) is 27.9 Å². The number of ketones is 1. The number of ether oxygens (including phenoxy) is 3. The molecule has 0 aliphatic carbocycles. The number of nitrogens with one attached hydrogen (secondary N) is 1. The van der Waals surface area contributed by atoms with E-state index in [1.165, 1.54) is 21.3 Å². The van der Waals surface area contributed by atoms with Gasteiger partial charge in [-0.1, -0.05) is 0 Å². The Hall–Kier alpha value is -3.94. The average Bonchev–Trinajstić information content (AvgIpc) is 2.81. The standard InChI is InChI=1S/C23H23N3O5/c1-14-16(6-5-11-24-14)22-20(30-3)10-8-17(26-22)18(27)13-25-23(28)15-7-9-19(29-2)21(12-15)31-4/h5-12H,13H2,1-4H3,(H,25,28). The van der Waals surface area contributed by atoms with Gasteiger partial charge in [0.1, 0.15) is 17.1 Å². The van der Waals surface area contributed by atoms with Gasteiger partial charge in [-0.05, 0) is 49.4 Å². The smallest absolute Gasteiger partial charge is 0.251 e. The lowest BCUT2D eigenvalue weighted by atomic mass is 10.1. The first-order valence-corrected chi connectivity index (χ1v) is 9.49. The van der Waals surface area contributed by atoms with Crippen LogP contribution in [0.3, 0.4) is 0 Å². The molecule has 0 unspecified atom stereocenters. The maximum Gasteiger partial charge on any atom is 0.251 e. The molecule has 3 aromatic rings. The number of carbonyl (C=O) groups is 2.